The predicted octanol–water partition coefficient (Wildman–Crippen LogP) is 4.50. The average Bonchev–Trinajstić information content (AvgIpc) is 3.06. The van der Waals surface area contributed by atoms with Crippen molar-refractivity contribution in [2.24, 2.45) is 0 Å². The molecule has 1 saturated heterocycles. The molecule has 1 atom stereocenters. The Labute approximate surface area is 202 Å². The van der Waals surface area contributed by atoms with Crippen molar-refractivity contribution in [3.63, 3.8) is 0 Å². The maximum Gasteiger partial charge on any atom is 0.308 e. The quantitative estimate of drug-likeness (QED) is 0.192. The van der Waals surface area contributed by atoms with Gasteiger partial charge in [0.25, 0.3) is 11.7 Å². The second-order valence-electron chi connectivity index (χ2n) is 7.70. The Balaban J connectivity index is 2.25. The van der Waals surface area contributed by atoms with Gasteiger partial charge in [-0.2, -0.15) is 0 Å². The van der Waals surface area contributed by atoms with Crippen LogP contribution in [0, 0.1) is 0 Å². The van der Waals surface area contributed by atoms with E-state index in [0.29, 0.717) is 18.5 Å². The van der Waals surface area contributed by atoms with Gasteiger partial charge in [0.1, 0.15) is 23.0 Å². The minimum atomic E-state index is -0.895. The highest BCUT2D eigenvalue weighted by atomic mass is 35.5. The number of carbonyl (C=O) groups is 3. The Morgan fingerprint density at radius 3 is 2.44 bits per heavy atom. The number of Topliss-reactive ketones (excluding diaryl/α,β-unsaturated/α-hetero) is 1. The van der Waals surface area contributed by atoms with Gasteiger partial charge >= 0.3 is 5.97 Å². The zero-order valence-electron chi connectivity index (χ0n) is 19.4. The summed E-state index contributed by atoms with van der Waals surface area (Å²) in [6, 6.07) is 8.53. The standard InChI is InChI=1S/C25H26ClNO7/c1-5-6-10-27-22(15-8-7-9-16(11-15)34-14(2)28)21(24(30)25(27)31)23(29)17-12-20(33-4)18(26)13-19(17)32-3/h7-9,11-13,22,29H,5-6,10H2,1-4H3/b23-21+. The van der Waals surface area contributed by atoms with E-state index in [1.807, 2.05) is 6.92 Å². The number of carbonyl (C=O) groups excluding carboxylic acids is 3. The summed E-state index contributed by atoms with van der Waals surface area (Å²) in [7, 11) is 2.82. The maximum absolute atomic E-state index is 13.2. The van der Waals surface area contributed by atoms with Crippen molar-refractivity contribution in [1.82, 2.24) is 4.90 Å². The van der Waals surface area contributed by atoms with E-state index >= 15 is 0 Å². The van der Waals surface area contributed by atoms with Crippen LogP contribution in [-0.2, 0) is 14.4 Å². The molecule has 1 N–H and O–H groups in total. The van der Waals surface area contributed by atoms with Crippen molar-refractivity contribution in [3.05, 3.63) is 58.1 Å². The van der Waals surface area contributed by atoms with E-state index in [1.165, 1.54) is 38.2 Å². The lowest BCUT2D eigenvalue weighted by Crippen LogP contribution is -2.30. The molecule has 1 heterocycles. The van der Waals surface area contributed by atoms with Crippen molar-refractivity contribution in [2.45, 2.75) is 32.7 Å². The van der Waals surface area contributed by atoms with E-state index in [-0.39, 0.29) is 33.4 Å². The lowest BCUT2D eigenvalue weighted by Gasteiger charge is -2.25. The van der Waals surface area contributed by atoms with Gasteiger partial charge < -0.3 is 24.2 Å². The first-order valence-electron chi connectivity index (χ1n) is 10.7. The molecule has 3 rings (SSSR count). The molecule has 0 radical (unpaired) electrons. The Bertz CT molecular complexity index is 1160. The molecular weight excluding hydrogens is 462 g/mol. The molecule has 2 aromatic carbocycles. The highest BCUT2D eigenvalue weighted by molar-refractivity contribution is 6.46. The number of ether oxygens (including phenoxy) is 3. The summed E-state index contributed by atoms with van der Waals surface area (Å²) in [5.74, 6) is -1.75. The van der Waals surface area contributed by atoms with Gasteiger partial charge in [0.2, 0.25) is 0 Å². The topological polar surface area (TPSA) is 102 Å². The zero-order valence-corrected chi connectivity index (χ0v) is 20.1. The van der Waals surface area contributed by atoms with Crippen LogP contribution in [0.3, 0.4) is 0 Å². The number of amides is 1. The van der Waals surface area contributed by atoms with Crippen LogP contribution in [0.1, 0.15) is 43.9 Å². The highest BCUT2D eigenvalue weighted by Gasteiger charge is 2.46. The number of aliphatic hydroxyl groups excluding tert-OH is 1. The number of rotatable bonds is 8. The molecular formula is C25H26ClNO7. The zero-order chi connectivity index (χ0) is 25.0. The molecule has 0 saturated carbocycles. The number of likely N-dealkylation sites (tertiary alicyclic amines) is 1. The molecule has 1 fully saturated rings. The number of unbranched alkanes of at least 4 members (excludes halogenated alkanes) is 1. The third-order valence-corrected chi connectivity index (χ3v) is 5.75. The summed E-state index contributed by atoms with van der Waals surface area (Å²) in [5, 5.41) is 11.6. The molecule has 0 aliphatic carbocycles. The van der Waals surface area contributed by atoms with E-state index in [9.17, 15) is 19.5 Å². The molecule has 0 aromatic heterocycles. The Hall–Kier alpha value is -3.52. The lowest BCUT2D eigenvalue weighted by molar-refractivity contribution is -0.139. The number of esters is 1. The van der Waals surface area contributed by atoms with Crippen molar-refractivity contribution >= 4 is 35.0 Å². The molecule has 0 bridgehead atoms. The SMILES string of the molecule is CCCCN1C(=O)C(=O)/C(=C(/O)c2cc(OC)c(Cl)cc2OC)C1c1cccc(OC(C)=O)c1. The number of aliphatic hydroxyl groups is 1. The van der Waals surface area contributed by atoms with Crippen molar-refractivity contribution in [1.29, 1.82) is 0 Å². The number of ketones is 1. The van der Waals surface area contributed by atoms with Crippen LogP contribution in [0.5, 0.6) is 17.2 Å². The summed E-state index contributed by atoms with van der Waals surface area (Å²) in [4.78, 5) is 39.0. The summed E-state index contributed by atoms with van der Waals surface area (Å²) < 4.78 is 15.8. The summed E-state index contributed by atoms with van der Waals surface area (Å²) in [6.07, 6.45) is 1.46. The van der Waals surface area contributed by atoms with Crippen molar-refractivity contribution in [2.75, 3.05) is 20.8 Å². The summed E-state index contributed by atoms with van der Waals surface area (Å²) in [5.41, 5.74) is 0.553. The average molecular weight is 488 g/mol. The molecule has 1 aliphatic heterocycles. The van der Waals surface area contributed by atoms with Gasteiger partial charge in [-0.25, -0.2) is 0 Å². The molecule has 34 heavy (non-hydrogen) atoms. The van der Waals surface area contributed by atoms with Gasteiger partial charge in [-0.3, -0.25) is 14.4 Å². The first-order valence-corrected chi connectivity index (χ1v) is 11.1. The minimum Gasteiger partial charge on any atom is -0.507 e. The Morgan fingerprint density at radius 2 is 1.82 bits per heavy atom. The van der Waals surface area contributed by atoms with E-state index in [0.717, 1.165) is 6.42 Å². The third kappa shape index (κ3) is 4.87. The fraction of sp³-hybridized carbons (Fsp3) is 0.320. The van der Waals surface area contributed by atoms with E-state index in [4.69, 9.17) is 25.8 Å². The minimum absolute atomic E-state index is 0.108. The van der Waals surface area contributed by atoms with Crippen LogP contribution in [0.2, 0.25) is 5.02 Å². The fourth-order valence-corrected chi connectivity index (χ4v) is 4.12. The third-order valence-electron chi connectivity index (χ3n) is 5.46. The van der Waals surface area contributed by atoms with Crippen LogP contribution in [0.4, 0.5) is 0 Å². The summed E-state index contributed by atoms with van der Waals surface area (Å²) in [6.45, 7) is 3.55. The van der Waals surface area contributed by atoms with Gasteiger partial charge in [-0.05, 0) is 30.2 Å². The largest absolute Gasteiger partial charge is 0.507 e. The van der Waals surface area contributed by atoms with Gasteiger partial charge in [0.05, 0.1) is 36.4 Å². The van der Waals surface area contributed by atoms with Crippen molar-refractivity contribution in [3.8, 4) is 17.2 Å². The number of halogens is 1. The molecule has 8 nitrogen and oxygen atoms in total. The van der Waals surface area contributed by atoms with Crippen LogP contribution in [-0.4, -0.2) is 48.4 Å². The Morgan fingerprint density at radius 1 is 1.12 bits per heavy atom. The first-order chi connectivity index (χ1) is 16.2. The van der Waals surface area contributed by atoms with E-state index in [1.54, 1.807) is 24.3 Å². The molecule has 0 spiro atoms. The Kier molecular flexibility index (Phi) is 7.83. The van der Waals surface area contributed by atoms with Gasteiger partial charge in [-0.1, -0.05) is 37.1 Å². The maximum atomic E-state index is 13.2. The van der Waals surface area contributed by atoms with E-state index < -0.39 is 29.5 Å². The molecule has 9 heteroatoms. The van der Waals surface area contributed by atoms with Crippen LogP contribution < -0.4 is 14.2 Å². The molecule has 1 aliphatic rings. The number of benzene rings is 2. The fourth-order valence-electron chi connectivity index (χ4n) is 3.89. The van der Waals surface area contributed by atoms with E-state index in [2.05, 4.69) is 0 Å². The predicted molar refractivity (Wildman–Crippen MR) is 126 cm³/mol. The second kappa shape index (κ2) is 10.6. The summed E-state index contributed by atoms with van der Waals surface area (Å²) >= 11 is 6.19. The molecule has 180 valence electrons. The monoisotopic (exact) mass is 487 g/mol. The second-order valence-corrected chi connectivity index (χ2v) is 8.11. The molecule has 2 aromatic rings. The number of hydrogen-bond acceptors (Lipinski definition) is 7. The highest BCUT2D eigenvalue weighted by Crippen LogP contribution is 2.43. The lowest BCUT2D eigenvalue weighted by atomic mass is 9.94. The van der Waals surface area contributed by atoms with Gasteiger partial charge in [0.15, 0.2) is 0 Å². The normalized spacial score (nSPS) is 17.1. The van der Waals surface area contributed by atoms with Crippen LogP contribution in [0.25, 0.3) is 5.76 Å². The van der Waals surface area contributed by atoms with Crippen molar-refractivity contribution < 1.29 is 33.7 Å². The number of methoxy groups -OCH3 is 2. The molecule has 1 unspecified atom stereocenters. The smallest absolute Gasteiger partial charge is 0.308 e. The van der Waals surface area contributed by atoms with Crippen LogP contribution in [0.15, 0.2) is 42.0 Å². The number of nitrogens with zero attached hydrogens (tertiary/aromatic N) is 1. The van der Waals surface area contributed by atoms with Gasteiger partial charge in [0, 0.05) is 19.5 Å². The first kappa shape index (κ1) is 25.1. The molecule has 1 amide bonds. The van der Waals surface area contributed by atoms with Gasteiger partial charge in [-0.15, -0.1) is 0 Å². The van der Waals surface area contributed by atoms with Crippen LogP contribution >= 0.6 is 11.6 Å². The number of hydrogen-bond donors (Lipinski definition) is 1.